The lowest BCUT2D eigenvalue weighted by Crippen LogP contribution is -2.34. The molecule has 1 saturated heterocycles. The summed E-state index contributed by atoms with van der Waals surface area (Å²) >= 11 is 1.26. The molecule has 0 radical (unpaired) electrons. The molecular formula is C21H26ClFN2OS. The SMILES string of the molecule is Cl.O=C(NCCC1CCCNC1)C(Sc1ccccc1F)c1ccccc1. The molecule has 2 unspecified atom stereocenters. The van der Waals surface area contributed by atoms with Crippen LogP contribution in [0.5, 0.6) is 0 Å². The number of thioether (sulfide) groups is 1. The molecule has 1 aliphatic rings. The molecule has 0 aliphatic carbocycles. The quantitative estimate of drug-likeness (QED) is 0.658. The van der Waals surface area contributed by atoms with Gasteiger partial charge in [-0.05, 0) is 56.0 Å². The highest BCUT2D eigenvalue weighted by Crippen LogP contribution is 2.36. The van der Waals surface area contributed by atoms with Gasteiger partial charge in [0, 0.05) is 11.4 Å². The summed E-state index contributed by atoms with van der Waals surface area (Å²) in [7, 11) is 0. The first-order valence-corrected chi connectivity index (χ1v) is 10.1. The Labute approximate surface area is 170 Å². The number of amides is 1. The normalized spacial score (nSPS) is 17.6. The molecule has 0 spiro atoms. The largest absolute Gasteiger partial charge is 0.355 e. The Kier molecular flexibility index (Phi) is 9.11. The monoisotopic (exact) mass is 408 g/mol. The van der Waals surface area contributed by atoms with Crippen LogP contribution in [-0.4, -0.2) is 25.5 Å². The van der Waals surface area contributed by atoms with E-state index in [2.05, 4.69) is 10.6 Å². The second-order valence-electron chi connectivity index (χ2n) is 6.63. The molecule has 27 heavy (non-hydrogen) atoms. The van der Waals surface area contributed by atoms with Crippen LogP contribution in [0.1, 0.15) is 30.1 Å². The van der Waals surface area contributed by atoms with Crippen molar-refractivity contribution in [3.63, 3.8) is 0 Å². The summed E-state index contributed by atoms with van der Waals surface area (Å²) in [4.78, 5) is 13.3. The van der Waals surface area contributed by atoms with Gasteiger partial charge < -0.3 is 10.6 Å². The summed E-state index contributed by atoms with van der Waals surface area (Å²) in [6, 6.07) is 16.2. The molecule has 0 saturated carbocycles. The summed E-state index contributed by atoms with van der Waals surface area (Å²) in [5, 5.41) is 6.00. The van der Waals surface area contributed by atoms with E-state index in [1.165, 1.54) is 30.7 Å². The zero-order valence-corrected chi connectivity index (χ0v) is 16.8. The Bertz CT molecular complexity index is 710. The van der Waals surface area contributed by atoms with E-state index in [1.807, 2.05) is 30.3 Å². The van der Waals surface area contributed by atoms with Crippen LogP contribution >= 0.6 is 24.2 Å². The predicted molar refractivity (Wildman–Crippen MR) is 112 cm³/mol. The van der Waals surface area contributed by atoms with Crippen LogP contribution in [-0.2, 0) is 4.79 Å². The van der Waals surface area contributed by atoms with E-state index in [9.17, 15) is 9.18 Å². The topological polar surface area (TPSA) is 41.1 Å². The molecule has 2 N–H and O–H groups in total. The van der Waals surface area contributed by atoms with Crippen LogP contribution in [0.3, 0.4) is 0 Å². The van der Waals surface area contributed by atoms with Gasteiger partial charge in [0.15, 0.2) is 0 Å². The third-order valence-electron chi connectivity index (χ3n) is 4.67. The fourth-order valence-corrected chi connectivity index (χ4v) is 4.31. The number of nitrogens with one attached hydrogen (secondary N) is 2. The van der Waals surface area contributed by atoms with Crippen molar-refractivity contribution in [2.24, 2.45) is 5.92 Å². The number of carbonyl (C=O) groups excluding carboxylic acids is 1. The van der Waals surface area contributed by atoms with Gasteiger partial charge in [0.1, 0.15) is 11.1 Å². The van der Waals surface area contributed by atoms with Crippen LogP contribution in [0.25, 0.3) is 0 Å². The maximum Gasteiger partial charge on any atom is 0.237 e. The molecule has 3 rings (SSSR count). The molecule has 3 nitrogen and oxygen atoms in total. The van der Waals surface area contributed by atoms with E-state index < -0.39 is 5.25 Å². The van der Waals surface area contributed by atoms with Gasteiger partial charge in [-0.1, -0.05) is 42.5 Å². The summed E-state index contributed by atoms with van der Waals surface area (Å²) in [5.41, 5.74) is 0.887. The van der Waals surface area contributed by atoms with Crippen molar-refractivity contribution in [2.75, 3.05) is 19.6 Å². The van der Waals surface area contributed by atoms with Crippen molar-refractivity contribution < 1.29 is 9.18 Å². The Morgan fingerprint density at radius 3 is 2.63 bits per heavy atom. The van der Waals surface area contributed by atoms with Gasteiger partial charge in [-0.3, -0.25) is 4.79 Å². The number of carbonyl (C=O) groups is 1. The first-order chi connectivity index (χ1) is 12.7. The van der Waals surface area contributed by atoms with Crippen molar-refractivity contribution in [1.29, 1.82) is 0 Å². The third kappa shape index (κ3) is 6.52. The first-order valence-electron chi connectivity index (χ1n) is 9.18. The van der Waals surface area contributed by atoms with E-state index >= 15 is 0 Å². The molecule has 2 aromatic carbocycles. The van der Waals surface area contributed by atoms with E-state index in [1.54, 1.807) is 18.2 Å². The number of benzene rings is 2. The average Bonchev–Trinajstić information content (AvgIpc) is 2.69. The minimum atomic E-state index is -0.461. The Morgan fingerprint density at radius 2 is 1.93 bits per heavy atom. The Hall–Kier alpha value is -1.56. The van der Waals surface area contributed by atoms with E-state index in [4.69, 9.17) is 0 Å². The van der Waals surface area contributed by atoms with Crippen molar-refractivity contribution >= 4 is 30.1 Å². The van der Waals surface area contributed by atoms with Crippen LogP contribution in [0.4, 0.5) is 4.39 Å². The molecule has 2 atom stereocenters. The smallest absolute Gasteiger partial charge is 0.237 e. The summed E-state index contributed by atoms with van der Waals surface area (Å²) in [6.45, 7) is 2.78. The average molecular weight is 409 g/mol. The molecule has 1 heterocycles. The van der Waals surface area contributed by atoms with E-state index in [0.717, 1.165) is 25.1 Å². The molecule has 6 heteroatoms. The fourth-order valence-electron chi connectivity index (χ4n) is 3.23. The van der Waals surface area contributed by atoms with Crippen LogP contribution in [0.15, 0.2) is 59.5 Å². The van der Waals surface area contributed by atoms with E-state index in [0.29, 0.717) is 17.4 Å². The van der Waals surface area contributed by atoms with Crippen molar-refractivity contribution in [2.45, 2.75) is 29.4 Å². The van der Waals surface area contributed by atoms with Gasteiger partial charge in [-0.25, -0.2) is 4.39 Å². The number of hydrogen-bond donors (Lipinski definition) is 2. The van der Waals surface area contributed by atoms with Gasteiger partial charge in [-0.15, -0.1) is 24.2 Å². The standard InChI is InChI=1S/C21H25FN2OS.ClH/c22-18-10-4-5-11-19(18)26-20(17-8-2-1-3-9-17)21(25)24-14-12-16-7-6-13-23-15-16;/h1-5,8-11,16,20,23H,6-7,12-15H2,(H,24,25);1H. The molecule has 1 fully saturated rings. The van der Waals surface area contributed by atoms with Gasteiger partial charge in [0.05, 0.1) is 0 Å². The Morgan fingerprint density at radius 1 is 1.19 bits per heavy atom. The highest BCUT2D eigenvalue weighted by atomic mass is 35.5. The highest BCUT2D eigenvalue weighted by molar-refractivity contribution is 8.00. The maximum absolute atomic E-state index is 14.1. The minimum absolute atomic E-state index is 0. The number of hydrogen-bond acceptors (Lipinski definition) is 3. The third-order valence-corrected chi connectivity index (χ3v) is 5.98. The second kappa shape index (κ2) is 11.3. The highest BCUT2D eigenvalue weighted by Gasteiger charge is 2.23. The summed E-state index contributed by atoms with van der Waals surface area (Å²) in [5.74, 6) is 0.270. The number of rotatable bonds is 7. The van der Waals surface area contributed by atoms with Crippen molar-refractivity contribution in [3.05, 3.63) is 66.0 Å². The van der Waals surface area contributed by atoms with Gasteiger partial charge in [0.25, 0.3) is 0 Å². The van der Waals surface area contributed by atoms with Crippen molar-refractivity contribution in [3.8, 4) is 0 Å². The minimum Gasteiger partial charge on any atom is -0.355 e. The van der Waals surface area contributed by atoms with Gasteiger partial charge in [-0.2, -0.15) is 0 Å². The molecule has 2 aromatic rings. The molecular weight excluding hydrogens is 383 g/mol. The van der Waals surface area contributed by atoms with Crippen molar-refractivity contribution in [1.82, 2.24) is 10.6 Å². The molecule has 146 valence electrons. The number of halogens is 2. The molecule has 0 bridgehead atoms. The first kappa shape index (κ1) is 21.7. The lowest BCUT2D eigenvalue weighted by molar-refractivity contribution is -0.120. The fraction of sp³-hybridized carbons (Fsp3) is 0.381. The Balaban J connectivity index is 0.00000261. The van der Waals surface area contributed by atoms with Gasteiger partial charge in [0.2, 0.25) is 5.91 Å². The zero-order chi connectivity index (χ0) is 18.2. The maximum atomic E-state index is 14.1. The summed E-state index contributed by atoms with van der Waals surface area (Å²) in [6.07, 6.45) is 3.40. The van der Waals surface area contributed by atoms with Crippen LogP contribution in [0, 0.1) is 11.7 Å². The zero-order valence-electron chi connectivity index (χ0n) is 15.2. The predicted octanol–water partition coefficient (Wildman–Crippen LogP) is 4.59. The summed E-state index contributed by atoms with van der Waals surface area (Å²) < 4.78 is 14.1. The number of piperidine rings is 1. The van der Waals surface area contributed by atoms with Crippen LogP contribution in [0.2, 0.25) is 0 Å². The van der Waals surface area contributed by atoms with Gasteiger partial charge >= 0.3 is 0 Å². The van der Waals surface area contributed by atoms with E-state index in [-0.39, 0.29) is 24.1 Å². The second-order valence-corrected chi connectivity index (χ2v) is 7.78. The van der Waals surface area contributed by atoms with Crippen LogP contribution < -0.4 is 10.6 Å². The molecule has 1 aliphatic heterocycles. The molecule has 1 amide bonds. The molecule has 0 aromatic heterocycles. The lowest BCUT2D eigenvalue weighted by Gasteiger charge is -2.23. The lowest BCUT2D eigenvalue weighted by atomic mass is 9.96.